The summed E-state index contributed by atoms with van der Waals surface area (Å²) in [5, 5.41) is 9.15. The number of allylic oxidation sites excluding steroid dienone is 3. The van der Waals surface area contributed by atoms with Gasteiger partial charge < -0.3 is 19.1 Å². The topological polar surface area (TPSA) is 90.7 Å². The van der Waals surface area contributed by atoms with Crippen LogP contribution in [0.1, 0.15) is 53.9 Å². The van der Waals surface area contributed by atoms with Gasteiger partial charge >= 0.3 is 5.97 Å². The Morgan fingerprint density at radius 3 is 2.66 bits per heavy atom. The summed E-state index contributed by atoms with van der Waals surface area (Å²) in [4.78, 5) is 27.7. The third kappa shape index (κ3) is 6.01. The highest BCUT2D eigenvalue weighted by atomic mass is 19.1. The minimum absolute atomic E-state index is 0.00270. The molecule has 0 saturated heterocycles. The van der Waals surface area contributed by atoms with Gasteiger partial charge in [-0.05, 0) is 79.6 Å². The number of halogens is 1. The van der Waals surface area contributed by atoms with E-state index in [1.165, 1.54) is 23.0 Å². The van der Waals surface area contributed by atoms with E-state index in [4.69, 9.17) is 14.6 Å². The SMILES string of the molecule is C=C1/C(F)=C\C=C(\c2c(C)cc(-c3cc(=O)n(C)cn3)cc2C)CCC[C@H]1Oc1ccc2c(c1)OC[C@H]2CC(=O)O. The Bertz CT molecular complexity index is 1630. The van der Waals surface area contributed by atoms with Crippen molar-refractivity contribution in [3.05, 3.63) is 105 Å². The summed E-state index contributed by atoms with van der Waals surface area (Å²) < 4.78 is 28.7. The zero-order valence-electron chi connectivity index (χ0n) is 23.4. The summed E-state index contributed by atoms with van der Waals surface area (Å²) in [5.74, 6) is -0.380. The molecule has 2 atom stereocenters. The standard InChI is InChI=1S/C33H33FN2O5/c1-19-12-23(28-16-31(37)36(4)18-35-28)13-20(2)33(19)22-6-5-7-29(21(3)27(34)11-8-22)41-25-9-10-26-24(14-32(38)39)17-40-30(26)15-25/h8-13,15-16,18,24,29H,3,5-7,14,17H2,1-2,4H3,(H,38,39)/b22-8+,27-11+/t24-,29-/m1/s1. The van der Waals surface area contributed by atoms with Gasteiger partial charge in [0.25, 0.3) is 5.56 Å². The van der Waals surface area contributed by atoms with Gasteiger partial charge in [-0.25, -0.2) is 9.37 Å². The summed E-state index contributed by atoms with van der Waals surface area (Å²) >= 11 is 0. The van der Waals surface area contributed by atoms with Gasteiger partial charge in [-0.1, -0.05) is 18.7 Å². The van der Waals surface area contributed by atoms with Crippen LogP contribution >= 0.6 is 0 Å². The number of hydrogen-bond acceptors (Lipinski definition) is 5. The van der Waals surface area contributed by atoms with Crippen LogP contribution in [0.15, 0.2) is 77.7 Å². The number of rotatable bonds is 6. The van der Waals surface area contributed by atoms with Crippen molar-refractivity contribution in [3.63, 3.8) is 0 Å². The molecule has 1 aromatic heterocycles. The molecule has 0 radical (unpaired) electrons. The molecular weight excluding hydrogens is 523 g/mol. The predicted molar refractivity (Wildman–Crippen MR) is 156 cm³/mol. The first-order valence-electron chi connectivity index (χ1n) is 13.7. The van der Waals surface area contributed by atoms with Crippen molar-refractivity contribution < 1.29 is 23.8 Å². The van der Waals surface area contributed by atoms with Gasteiger partial charge in [-0.2, -0.15) is 0 Å². The molecule has 5 rings (SSSR count). The normalized spacial score (nSPS) is 21.3. The number of carbonyl (C=O) groups is 1. The Labute approximate surface area is 238 Å². The van der Waals surface area contributed by atoms with Crippen molar-refractivity contribution in [2.24, 2.45) is 7.05 Å². The minimum atomic E-state index is -0.870. The fourth-order valence-electron chi connectivity index (χ4n) is 5.62. The maximum Gasteiger partial charge on any atom is 0.304 e. The second kappa shape index (κ2) is 11.6. The first kappa shape index (κ1) is 28.1. The highest BCUT2D eigenvalue weighted by Gasteiger charge is 2.28. The predicted octanol–water partition coefficient (Wildman–Crippen LogP) is 6.44. The number of carboxylic acid groups (broad SMARTS) is 1. The van der Waals surface area contributed by atoms with Crippen molar-refractivity contribution in [2.45, 2.75) is 51.6 Å². The molecule has 0 unspecified atom stereocenters. The van der Waals surface area contributed by atoms with Crippen molar-refractivity contribution in [1.29, 1.82) is 0 Å². The van der Waals surface area contributed by atoms with Crippen LogP contribution in [0, 0.1) is 13.8 Å². The van der Waals surface area contributed by atoms with Crippen LogP contribution in [-0.2, 0) is 11.8 Å². The van der Waals surface area contributed by atoms with E-state index in [9.17, 15) is 9.59 Å². The van der Waals surface area contributed by atoms with Gasteiger partial charge in [0.05, 0.1) is 25.0 Å². The molecule has 1 aliphatic carbocycles. The molecule has 1 N–H and O–H groups in total. The molecule has 2 aromatic carbocycles. The molecule has 0 fully saturated rings. The number of hydrogen-bond donors (Lipinski definition) is 1. The molecule has 0 spiro atoms. The molecular formula is C33H33FN2O5. The second-order valence-electron chi connectivity index (χ2n) is 10.7. The van der Waals surface area contributed by atoms with E-state index >= 15 is 4.39 Å². The van der Waals surface area contributed by atoms with E-state index in [1.54, 1.807) is 19.2 Å². The highest BCUT2D eigenvalue weighted by molar-refractivity contribution is 5.76. The van der Waals surface area contributed by atoms with Gasteiger partial charge in [-0.15, -0.1) is 0 Å². The molecule has 8 heteroatoms. The second-order valence-corrected chi connectivity index (χ2v) is 10.7. The van der Waals surface area contributed by atoms with E-state index in [0.29, 0.717) is 36.6 Å². The third-order valence-electron chi connectivity index (χ3n) is 7.73. The van der Waals surface area contributed by atoms with Gasteiger partial charge in [0.15, 0.2) is 0 Å². The number of aryl methyl sites for hydroxylation is 3. The first-order valence-corrected chi connectivity index (χ1v) is 13.7. The summed E-state index contributed by atoms with van der Waals surface area (Å²) in [5.41, 5.74) is 6.58. The molecule has 2 heterocycles. The van der Waals surface area contributed by atoms with Crippen LogP contribution < -0.4 is 15.0 Å². The lowest BCUT2D eigenvalue weighted by atomic mass is 9.89. The van der Waals surface area contributed by atoms with Crippen molar-refractivity contribution in [1.82, 2.24) is 9.55 Å². The maximum atomic E-state index is 15.3. The smallest absolute Gasteiger partial charge is 0.304 e. The maximum absolute atomic E-state index is 15.3. The van der Waals surface area contributed by atoms with Crippen LogP contribution in [0.25, 0.3) is 16.8 Å². The van der Waals surface area contributed by atoms with Crippen LogP contribution in [-0.4, -0.2) is 33.3 Å². The highest BCUT2D eigenvalue weighted by Crippen LogP contribution is 2.39. The van der Waals surface area contributed by atoms with Gasteiger partial charge in [0.1, 0.15) is 23.4 Å². The molecule has 1 aliphatic heterocycles. The zero-order chi connectivity index (χ0) is 29.3. The van der Waals surface area contributed by atoms with Gasteiger partial charge in [-0.3, -0.25) is 9.59 Å². The molecule has 2 aliphatic rings. The molecule has 0 bridgehead atoms. The lowest BCUT2D eigenvalue weighted by Crippen LogP contribution is -2.19. The van der Waals surface area contributed by atoms with E-state index in [2.05, 4.69) is 11.6 Å². The lowest BCUT2D eigenvalue weighted by Gasteiger charge is -2.21. The molecule has 212 valence electrons. The van der Waals surface area contributed by atoms with Crippen molar-refractivity contribution in [2.75, 3.05) is 6.61 Å². The summed E-state index contributed by atoms with van der Waals surface area (Å²) in [7, 11) is 1.67. The largest absolute Gasteiger partial charge is 0.492 e. The average molecular weight is 557 g/mol. The Hall–Kier alpha value is -4.46. The van der Waals surface area contributed by atoms with Crippen molar-refractivity contribution in [3.8, 4) is 22.8 Å². The van der Waals surface area contributed by atoms with E-state index in [0.717, 1.165) is 39.8 Å². The molecule has 0 amide bonds. The van der Waals surface area contributed by atoms with E-state index in [1.807, 2.05) is 38.1 Å². The Morgan fingerprint density at radius 2 is 1.95 bits per heavy atom. The van der Waals surface area contributed by atoms with E-state index in [-0.39, 0.29) is 23.5 Å². The summed E-state index contributed by atoms with van der Waals surface area (Å²) in [6.07, 6.45) is 6.25. The molecule has 7 nitrogen and oxygen atoms in total. The Morgan fingerprint density at radius 1 is 1.20 bits per heavy atom. The Kier molecular flexibility index (Phi) is 7.92. The van der Waals surface area contributed by atoms with Gasteiger partial charge in [0, 0.05) is 41.8 Å². The third-order valence-corrected chi connectivity index (χ3v) is 7.73. The van der Waals surface area contributed by atoms with E-state index < -0.39 is 17.9 Å². The van der Waals surface area contributed by atoms with Crippen LogP contribution in [0.5, 0.6) is 11.5 Å². The Balaban J connectivity index is 1.34. The number of aromatic nitrogens is 2. The first-order chi connectivity index (χ1) is 19.6. The molecule has 41 heavy (non-hydrogen) atoms. The number of fused-ring (bicyclic) bond motifs is 1. The summed E-state index contributed by atoms with van der Waals surface area (Å²) in [6.45, 7) is 8.34. The van der Waals surface area contributed by atoms with Crippen LogP contribution in [0.4, 0.5) is 4.39 Å². The quantitative estimate of drug-likeness (QED) is 0.376. The number of carboxylic acids is 1. The monoisotopic (exact) mass is 556 g/mol. The zero-order valence-corrected chi connectivity index (χ0v) is 23.4. The lowest BCUT2D eigenvalue weighted by molar-refractivity contribution is -0.137. The van der Waals surface area contributed by atoms with Crippen molar-refractivity contribution >= 4 is 11.5 Å². The fraction of sp³-hybridized carbons (Fsp3) is 0.303. The van der Waals surface area contributed by atoms with Crippen LogP contribution in [0.3, 0.4) is 0 Å². The minimum Gasteiger partial charge on any atom is -0.492 e. The molecule has 0 saturated carbocycles. The number of nitrogens with zero attached hydrogens (tertiary/aromatic N) is 2. The summed E-state index contributed by atoms with van der Waals surface area (Å²) in [6, 6.07) is 10.9. The fourth-order valence-corrected chi connectivity index (χ4v) is 5.62. The molecule has 3 aromatic rings. The van der Waals surface area contributed by atoms with Crippen LogP contribution in [0.2, 0.25) is 0 Å². The number of benzene rings is 2. The van der Waals surface area contributed by atoms with Gasteiger partial charge in [0.2, 0.25) is 0 Å². The average Bonchev–Trinajstić information content (AvgIpc) is 3.33. The number of ether oxygens (including phenoxy) is 2. The number of aliphatic carboxylic acids is 1.